The number of benzene rings is 1. The minimum Gasteiger partial charge on any atom is -0.496 e. The van der Waals surface area contributed by atoms with Gasteiger partial charge in [-0.15, -0.1) is 11.6 Å². The van der Waals surface area contributed by atoms with Gasteiger partial charge in [-0.05, 0) is 25.0 Å². The number of nitrogens with one attached hydrogen (secondary N) is 1. The van der Waals surface area contributed by atoms with Crippen LogP contribution in [0.25, 0.3) is 0 Å². The number of anilines is 1. The van der Waals surface area contributed by atoms with Gasteiger partial charge in [0.25, 0.3) is 0 Å². The first-order valence-electron chi connectivity index (χ1n) is 5.17. The maximum atomic E-state index is 5.66. The Hall–Kier alpha value is -1.09. The van der Waals surface area contributed by atoms with E-state index in [0.717, 1.165) is 28.3 Å². The Bertz CT molecular complexity index is 367. The van der Waals surface area contributed by atoms with Crippen LogP contribution < -0.4 is 14.8 Å². The minimum absolute atomic E-state index is 0.554. The normalized spacial score (nSPS) is 10.1. The van der Waals surface area contributed by atoms with E-state index in [2.05, 4.69) is 5.32 Å². The van der Waals surface area contributed by atoms with Crippen molar-refractivity contribution in [3.63, 3.8) is 0 Å². The number of hydrogen-bond acceptors (Lipinski definition) is 3. The van der Waals surface area contributed by atoms with Gasteiger partial charge in [-0.3, -0.25) is 0 Å². The number of halogens is 1. The molecular weight excluding hydrogens is 226 g/mol. The number of ether oxygens (including phenoxy) is 2. The zero-order valence-corrected chi connectivity index (χ0v) is 10.9. The summed E-state index contributed by atoms with van der Waals surface area (Å²) in [4.78, 5) is 0. The highest BCUT2D eigenvalue weighted by atomic mass is 35.5. The van der Waals surface area contributed by atoms with E-state index in [9.17, 15) is 0 Å². The van der Waals surface area contributed by atoms with Crippen LogP contribution in [0.2, 0.25) is 0 Å². The van der Waals surface area contributed by atoms with Crippen LogP contribution in [0.15, 0.2) is 6.07 Å². The Kier molecular flexibility index (Phi) is 4.74. The van der Waals surface area contributed by atoms with E-state index in [-0.39, 0.29) is 0 Å². The van der Waals surface area contributed by atoms with Crippen LogP contribution in [0.3, 0.4) is 0 Å². The summed E-state index contributed by atoms with van der Waals surface area (Å²) in [6.45, 7) is 4.73. The molecule has 1 aromatic carbocycles. The van der Waals surface area contributed by atoms with Crippen molar-refractivity contribution in [3.8, 4) is 11.5 Å². The molecule has 0 saturated carbocycles. The van der Waals surface area contributed by atoms with Crippen molar-refractivity contribution in [2.75, 3.05) is 32.0 Å². The molecule has 4 heteroatoms. The average molecular weight is 244 g/mol. The Balaban J connectivity index is 3.18. The lowest BCUT2D eigenvalue weighted by atomic mass is 10.1. The van der Waals surface area contributed by atoms with Crippen LogP contribution >= 0.6 is 11.6 Å². The highest BCUT2D eigenvalue weighted by Gasteiger charge is 2.13. The van der Waals surface area contributed by atoms with E-state index < -0.39 is 0 Å². The van der Waals surface area contributed by atoms with Crippen LogP contribution in [0.5, 0.6) is 11.5 Å². The Morgan fingerprint density at radius 2 is 1.88 bits per heavy atom. The van der Waals surface area contributed by atoms with Crippen LogP contribution in [-0.2, 0) is 0 Å². The molecule has 0 aliphatic carbocycles. The average Bonchev–Trinajstić information content (AvgIpc) is 2.30. The molecule has 0 fully saturated rings. The molecule has 0 aliphatic heterocycles. The van der Waals surface area contributed by atoms with E-state index in [1.165, 1.54) is 0 Å². The van der Waals surface area contributed by atoms with Gasteiger partial charge in [0.2, 0.25) is 0 Å². The topological polar surface area (TPSA) is 30.5 Å². The first kappa shape index (κ1) is 13.0. The summed E-state index contributed by atoms with van der Waals surface area (Å²) in [5, 5.41) is 3.22. The van der Waals surface area contributed by atoms with Crippen molar-refractivity contribution in [2.24, 2.45) is 0 Å². The molecule has 0 aliphatic rings. The Morgan fingerprint density at radius 1 is 1.19 bits per heavy atom. The third-order valence-electron chi connectivity index (χ3n) is 2.63. The lowest BCUT2D eigenvalue weighted by Gasteiger charge is -2.17. The largest absolute Gasteiger partial charge is 0.496 e. The Morgan fingerprint density at radius 3 is 2.38 bits per heavy atom. The van der Waals surface area contributed by atoms with E-state index in [0.29, 0.717) is 12.4 Å². The monoisotopic (exact) mass is 243 g/mol. The number of alkyl halides is 1. The second kappa shape index (κ2) is 5.85. The summed E-state index contributed by atoms with van der Waals surface area (Å²) in [6.07, 6.45) is 0. The van der Waals surface area contributed by atoms with Gasteiger partial charge in [-0.2, -0.15) is 0 Å². The fourth-order valence-corrected chi connectivity index (χ4v) is 1.74. The van der Waals surface area contributed by atoms with E-state index >= 15 is 0 Å². The maximum absolute atomic E-state index is 5.66. The summed E-state index contributed by atoms with van der Waals surface area (Å²) in [5.41, 5.74) is 3.10. The van der Waals surface area contributed by atoms with Crippen LogP contribution in [0, 0.1) is 13.8 Å². The molecule has 0 bridgehead atoms. The molecule has 0 heterocycles. The number of hydrogen-bond donors (Lipinski definition) is 1. The van der Waals surface area contributed by atoms with Crippen LogP contribution in [-0.4, -0.2) is 26.6 Å². The molecule has 90 valence electrons. The van der Waals surface area contributed by atoms with Crippen molar-refractivity contribution < 1.29 is 9.47 Å². The van der Waals surface area contributed by atoms with Gasteiger partial charge in [0, 0.05) is 18.5 Å². The first-order chi connectivity index (χ1) is 7.65. The number of rotatable bonds is 5. The lowest BCUT2D eigenvalue weighted by molar-refractivity contribution is 0.399. The Labute approximate surface area is 102 Å². The summed E-state index contributed by atoms with van der Waals surface area (Å²) < 4.78 is 10.7. The second-order valence-electron chi connectivity index (χ2n) is 3.53. The van der Waals surface area contributed by atoms with E-state index in [1.54, 1.807) is 14.2 Å². The fourth-order valence-electron chi connectivity index (χ4n) is 1.65. The minimum atomic E-state index is 0.554. The summed E-state index contributed by atoms with van der Waals surface area (Å²) in [5.74, 6) is 2.26. The quantitative estimate of drug-likeness (QED) is 0.807. The first-order valence-corrected chi connectivity index (χ1v) is 5.71. The third kappa shape index (κ3) is 2.53. The molecular formula is C12H18ClNO2. The van der Waals surface area contributed by atoms with Gasteiger partial charge >= 0.3 is 0 Å². The van der Waals surface area contributed by atoms with Crippen LogP contribution in [0.1, 0.15) is 11.1 Å². The summed E-state index contributed by atoms with van der Waals surface area (Å²) in [6, 6.07) is 1.94. The molecule has 1 aromatic rings. The molecule has 0 amide bonds. The molecule has 0 atom stereocenters. The molecule has 0 unspecified atom stereocenters. The predicted octanol–water partition coefficient (Wildman–Crippen LogP) is 2.97. The van der Waals surface area contributed by atoms with Crippen molar-refractivity contribution in [2.45, 2.75) is 13.8 Å². The van der Waals surface area contributed by atoms with E-state index in [1.807, 2.05) is 19.9 Å². The van der Waals surface area contributed by atoms with Gasteiger partial charge < -0.3 is 14.8 Å². The molecule has 0 aromatic heterocycles. The standard InChI is InChI=1S/C12H18ClNO2/c1-8-9(2)12(16-4)10(14-6-5-13)7-11(8)15-3/h7,14H,5-6H2,1-4H3. The van der Waals surface area contributed by atoms with Crippen molar-refractivity contribution in [1.82, 2.24) is 0 Å². The molecule has 3 nitrogen and oxygen atoms in total. The maximum Gasteiger partial charge on any atom is 0.145 e. The van der Waals surface area contributed by atoms with Crippen molar-refractivity contribution in [1.29, 1.82) is 0 Å². The predicted molar refractivity (Wildman–Crippen MR) is 68.2 cm³/mol. The van der Waals surface area contributed by atoms with Crippen molar-refractivity contribution >= 4 is 17.3 Å². The smallest absolute Gasteiger partial charge is 0.145 e. The molecule has 0 radical (unpaired) electrons. The zero-order valence-electron chi connectivity index (χ0n) is 10.2. The van der Waals surface area contributed by atoms with Crippen molar-refractivity contribution in [3.05, 3.63) is 17.2 Å². The highest BCUT2D eigenvalue weighted by Crippen LogP contribution is 2.36. The number of methoxy groups -OCH3 is 2. The SMILES string of the molecule is COc1cc(NCCCl)c(OC)c(C)c1C. The van der Waals surface area contributed by atoms with Gasteiger partial charge in [0.05, 0.1) is 19.9 Å². The van der Waals surface area contributed by atoms with Crippen LogP contribution in [0.4, 0.5) is 5.69 Å². The molecule has 0 saturated heterocycles. The third-order valence-corrected chi connectivity index (χ3v) is 2.82. The van der Waals surface area contributed by atoms with Gasteiger partial charge in [0.1, 0.15) is 11.5 Å². The fraction of sp³-hybridized carbons (Fsp3) is 0.500. The molecule has 16 heavy (non-hydrogen) atoms. The van der Waals surface area contributed by atoms with E-state index in [4.69, 9.17) is 21.1 Å². The molecule has 1 rings (SSSR count). The lowest BCUT2D eigenvalue weighted by Crippen LogP contribution is -2.06. The van der Waals surface area contributed by atoms with Gasteiger partial charge in [-0.25, -0.2) is 0 Å². The zero-order chi connectivity index (χ0) is 12.1. The highest BCUT2D eigenvalue weighted by molar-refractivity contribution is 6.18. The molecule has 0 spiro atoms. The summed E-state index contributed by atoms with van der Waals surface area (Å²) in [7, 11) is 3.33. The molecule has 1 N–H and O–H groups in total. The second-order valence-corrected chi connectivity index (χ2v) is 3.90. The van der Waals surface area contributed by atoms with Gasteiger partial charge in [0.15, 0.2) is 0 Å². The summed E-state index contributed by atoms with van der Waals surface area (Å²) >= 11 is 5.66. The van der Waals surface area contributed by atoms with Gasteiger partial charge in [-0.1, -0.05) is 0 Å².